The average Bonchev–Trinajstić information content (AvgIpc) is 2.52. The summed E-state index contributed by atoms with van der Waals surface area (Å²) in [6, 6.07) is 6.75. The van der Waals surface area contributed by atoms with E-state index in [1.807, 2.05) is 26.8 Å². The van der Waals surface area contributed by atoms with Crippen molar-refractivity contribution in [3.63, 3.8) is 0 Å². The highest BCUT2D eigenvalue weighted by Crippen LogP contribution is 2.41. The second-order valence-electron chi connectivity index (χ2n) is 6.39. The smallest absolute Gasteiger partial charge is 0.266 e. The van der Waals surface area contributed by atoms with Crippen LogP contribution in [0.2, 0.25) is 0 Å². The first-order valence-electron chi connectivity index (χ1n) is 7.36. The monoisotopic (exact) mass is 328 g/mol. The molecule has 0 spiro atoms. The van der Waals surface area contributed by atoms with E-state index < -0.39 is 5.56 Å². The lowest BCUT2D eigenvalue weighted by Crippen LogP contribution is -2.22. The standard InChI is InChI=1S/C18H20N2O4/c1-18(2,3)15-8-11(12(9-19)17(22)20-15)10-6-13(21)16(24-5)14(7-10)23-4/h6-8,21H,1-5H3,(H,20,22). The Kier molecular flexibility index (Phi) is 4.56. The van der Waals surface area contributed by atoms with Crippen LogP contribution in [0.25, 0.3) is 11.1 Å². The normalized spacial score (nSPS) is 11.0. The van der Waals surface area contributed by atoms with Crippen molar-refractivity contribution in [3.8, 4) is 34.4 Å². The number of benzene rings is 1. The highest BCUT2D eigenvalue weighted by molar-refractivity contribution is 5.75. The van der Waals surface area contributed by atoms with Crippen LogP contribution in [-0.4, -0.2) is 24.3 Å². The molecule has 2 aromatic rings. The van der Waals surface area contributed by atoms with E-state index in [0.29, 0.717) is 22.6 Å². The fourth-order valence-corrected chi connectivity index (χ4v) is 2.40. The lowest BCUT2D eigenvalue weighted by molar-refractivity contribution is 0.333. The molecule has 0 aliphatic rings. The van der Waals surface area contributed by atoms with Gasteiger partial charge in [0.05, 0.1) is 14.2 Å². The number of pyridine rings is 1. The van der Waals surface area contributed by atoms with Crippen molar-refractivity contribution in [2.75, 3.05) is 14.2 Å². The summed E-state index contributed by atoms with van der Waals surface area (Å²) in [5, 5.41) is 19.5. The Morgan fingerprint density at radius 2 is 1.83 bits per heavy atom. The minimum Gasteiger partial charge on any atom is -0.504 e. The maximum Gasteiger partial charge on any atom is 0.266 e. The van der Waals surface area contributed by atoms with Gasteiger partial charge in [-0.05, 0) is 23.8 Å². The number of aromatic amines is 1. The van der Waals surface area contributed by atoms with Crippen LogP contribution in [0.3, 0.4) is 0 Å². The van der Waals surface area contributed by atoms with Crippen LogP contribution in [0, 0.1) is 11.3 Å². The van der Waals surface area contributed by atoms with E-state index in [1.54, 1.807) is 12.1 Å². The van der Waals surface area contributed by atoms with E-state index in [1.165, 1.54) is 20.3 Å². The number of nitriles is 1. The van der Waals surface area contributed by atoms with Crippen molar-refractivity contribution in [2.45, 2.75) is 26.2 Å². The molecule has 0 radical (unpaired) electrons. The van der Waals surface area contributed by atoms with Gasteiger partial charge < -0.3 is 19.6 Å². The third-order valence-corrected chi connectivity index (χ3v) is 3.72. The van der Waals surface area contributed by atoms with Crippen LogP contribution in [0.5, 0.6) is 17.2 Å². The number of aromatic hydroxyl groups is 1. The van der Waals surface area contributed by atoms with Crippen molar-refractivity contribution in [3.05, 3.63) is 39.8 Å². The van der Waals surface area contributed by atoms with E-state index in [2.05, 4.69) is 4.98 Å². The Morgan fingerprint density at radius 3 is 2.33 bits per heavy atom. The van der Waals surface area contributed by atoms with Crippen molar-refractivity contribution in [2.24, 2.45) is 0 Å². The highest BCUT2D eigenvalue weighted by atomic mass is 16.5. The van der Waals surface area contributed by atoms with Crippen LogP contribution in [0.15, 0.2) is 23.0 Å². The largest absolute Gasteiger partial charge is 0.504 e. The lowest BCUT2D eigenvalue weighted by Gasteiger charge is -2.20. The number of phenolic OH excluding ortho intramolecular Hbond substituents is 1. The summed E-state index contributed by atoms with van der Waals surface area (Å²) in [7, 11) is 2.87. The number of aromatic nitrogens is 1. The van der Waals surface area contributed by atoms with Crippen LogP contribution >= 0.6 is 0 Å². The van der Waals surface area contributed by atoms with Gasteiger partial charge in [-0.2, -0.15) is 5.26 Å². The molecule has 2 rings (SSSR count). The van der Waals surface area contributed by atoms with Crippen molar-refractivity contribution in [1.29, 1.82) is 5.26 Å². The van der Waals surface area contributed by atoms with Crippen molar-refractivity contribution < 1.29 is 14.6 Å². The number of rotatable bonds is 3. The maximum absolute atomic E-state index is 12.3. The molecule has 0 fully saturated rings. The molecule has 0 unspecified atom stereocenters. The molecule has 126 valence electrons. The van der Waals surface area contributed by atoms with Gasteiger partial charge in [0.2, 0.25) is 5.75 Å². The Morgan fingerprint density at radius 1 is 1.17 bits per heavy atom. The van der Waals surface area contributed by atoms with Crippen molar-refractivity contribution in [1.82, 2.24) is 4.98 Å². The Balaban J connectivity index is 2.81. The summed E-state index contributed by atoms with van der Waals surface area (Å²) in [6.45, 7) is 5.88. The van der Waals surface area contributed by atoms with E-state index in [-0.39, 0.29) is 22.5 Å². The van der Waals surface area contributed by atoms with Gasteiger partial charge in [-0.3, -0.25) is 4.79 Å². The zero-order valence-electron chi connectivity index (χ0n) is 14.4. The molecule has 0 saturated heterocycles. The first-order chi connectivity index (χ1) is 11.2. The molecule has 0 atom stereocenters. The molecule has 0 saturated carbocycles. The zero-order valence-corrected chi connectivity index (χ0v) is 14.4. The van der Waals surface area contributed by atoms with Crippen molar-refractivity contribution >= 4 is 0 Å². The average molecular weight is 328 g/mol. The zero-order chi connectivity index (χ0) is 18.1. The third kappa shape index (κ3) is 3.06. The Hall–Kier alpha value is -2.94. The minimum absolute atomic E-state index is 0.0189. The van der Waals surface area contributed by atoms with E-state index in [4.69, 9.17) is 9.47 Å². The number of nitrogens with one attached hydrogen (secondary N) is 1. The molecule has 0 bridgehead atoms. The number of H-pyrrole nitrogens is 1. The number of methoxy groups -OCH3 is 2. The summed E-state index contributed by atoms with van der Waals surface area (Å²) in [5.41, 5.74) is 0.834. The van der Waals surface area contributed by atoms with Gasteiger partial charge in [-0.15, -0.1) is 0 Å². The number of ether oxygens (including phenoxy) is 2. The number of hydrogen-bond donors (Lipinski definition) is 2. The first kappa shape index (κ1) is 17.4. The fourth-order valence-electron chi connectivity index (χ4n) is 2.40. The first-order valence-corrected chi connectivity index (χ1v) is 7.36. The highest BCUT2D eigenvalue weighted by Gasteiger charge is 2.21. The van der Waals surface area contributed by atoms with Crippen LogP contribution in [-0.2, 0) is 5.41 Å². The molecular formula is C18H20N2O4. The molecule has 1 aromatic carbocycles. The van der Waals surface area contributed by atoms with Gasteiger partial charge in [0.25, 0.3) is 5.56 Å². The number of nitrogens with zero attached hydrogens (tertiary/aromatic N) is 1. The molecular weight excluding hydrogens is 308 g/mol. The van der Waals surface area contributed by atoms with Gasteiger partial charge in [0.1, 0.15) is 11.6 Å². The van der Waals surface area contributed by atoms with Gasteiger partial charge in [0, 0.05) is 16.7 Å². The Bertz CT molecular complexity index is 870. The van der Waals surface area contributed by atoms with Crippen LogP contribution in [0.1, 0.15) is 32.0 Å². The number of phenols is 1. The molecule has 0 amide bonds. The van der Waals surface area contributed by atoms with Gasteiger partial charge in [-0.25, -0.2) is 0 Å². The maximum atomic E-state index is 12.3. The molecule has 2 N–H and O–H groups in total. The third-order valence-electron chi connectivity index (χ3n) is 3.72. The number of hydrogen-bond acceptors (Lipinski definition) is 5. The van der Waals surface area contributed by atoms with Crippen LogP contribution in [0.4, 0.5) is 0 Å². The SMILES string of the molecule is COc1cc(-c2cc(C(C)(C)C)[nH]c(=O)c2C#N)cc(O)c1OC. The predicted octanol–water partition coefficient (Wildman–Crippen LogP) is 2.93. The lowest BCUT2D eigenvalue weighted by atomic mass is 9.88. The Labute approximate surface area is 140 Å². The molecule has 0 aliphatic heterocycles. The van der Waals surface area contributed by atoms with Gasteiger partial charge in [-0.1, -0.05) is 20.8 Å². The second-order valence-corrected chi connectivity index (χ2v) is 6.39. The second kappa shape index (κ2) is 6.28. The summed E-state index contributed by atoms with van der Waals surface area (Å²) in [6.07, 6.45) is 0. The topological polar surface area (TPSA) is 95.3 Å². The predicted molar refractivity (Wildman–Crippen MR) is 90.7 cm³/mol. The van der Waals surface area contributed by atoms with E-state index in [0.717, 1.165) is 0 Å². The molecule has 1 aromatic heterocycles. The van der Waals surface area contributed by atoms with E-state index in [9.17, 15) is 15.2 Å². The summed E-state index contributed by atoms with van der Waals surface area (Å²) in [4.78, 5) is 15.0. The van der Waals surface area contributed by atoms with Gasteiger partial charge in [0.15, 0.2) is 11.5 Å². The molecule has 6 nitrogen and oxygen atoms in total. The molecule has 24 heavy (non-hydrogen) atoms. The molecule has 1 heterocycles. The molecule has 0 aliphatic carbocycles. The minimum atomic E-state index is -0.464. The fraction of sp³-hybridized carbons (Fsp3) is 0.333. The quantitative estimate of drug-likeness (QED) is 0.903. The van der Waals surface area contributed by atoms with Crippen LogP contribution < -0.4 is 15.0 Å². The molecule has 6 heteroatoms. The van der Waals surface area contributed by atoms with E-state index >= 15 is 0 Å². The summed E-state index contributed by atoms with van der Waals surface area (Å²) in [5.74, 6) is 0.378. The van der Waals surface area contributed by atoms with Gasteiger partial charge >= 0.3 is 0 Å². The summed E-state index contributed by atoms with van der Waals surface area (Å²) >= 11 is 0. The summed E-state index contributed by atoms with van der Waals surface area (Å²) < 4.78 is 10.3.